The highest BCUT2D eigenvalue weighted by atomic mass is 35.5. The molecule has 0 aliphatic rings. The van der Waals surface area contributed by atoms with Gasteiger partial charge < -0.3 is 25.6 Å². The van der Waals surface area contributed by atoms with E-state index in [2.05, 4.69) is 10.6 Å². The first kappa shape index (κ1) is 25.9. The molecule has 0 radical (unpaired) electrons. The smallest absolute Gasteiger partial charge is 0.346 e. The molecule has 0 unspecified atom stereocenters. The van der Waals surface area contributed by atoms with Gasteiger partial charge in [0.05, 0.1) is 24.0 Å². The van der Waals surface area contributed by atoms with Crippen LogP contribution in [-0.4, -0.2) is 47.7 Å². The first-order chi connectivity index (χ1) is 17.4. The number of aromatic nitrogens is 1. The lowest BCUT2D eigenvalue weighted by molar-refractivity contribution is 0.0657. The Morgan fingerprint density at radius 3 is 2.41 bits per heavy atom. The summed E-state index contributed by atoms with van der Waals surface area (Å²) in [6.45, 7) is 0. The number of halogens is 2. The first-order valence-electron chi connectivity index (χ1n) is 10.00. The minimum absolute atomic E-state index is 0.249. The molecule has 0 bridgehead atoms. The molecule has 0 fully saturated rings. The van der Waals surface area contributed by atoms with Crippen molar-refractivity contribution in [1.82, 2.24) is 3.97 Å². The predicted octanol–water partition coefficient (Wildman–Crippen LogP) is 4.78. The number of carboxylic acids is 2. The molecule has 0 spiro atoms. The van der Waals surface area contributed by atoms with Crippen molar-refractivity contribution >= 4 is 73.2 Å². The van der Waals surface area contributed by atoms with Crippen LogP contribution in [0.3, 0.4) is 0 Å². The summed E-state index contributed by atoms with van der Waals surface area (Å²) in [6.07, 6.45) is 1.28. The summed E-state index contributed by atoms with van der Waals surface area (Å²) in [5.41, 5.74) is -1.33. The van der Waals surface area contributed by atoms with Crippen LogP contribution in [-0.2, 0) is 10.0 Å². The van der Waals surface area contributed by atoms with Crippen molar-refractivity contribution in [1.29, 1.82) is 0 Å². The molecule has 4 aromatic rings. The number of benzene rings is 2. The third-order valence-corrected chi connectivity index (χ3v) is 8.02. The van der Waals surface area contributed by atoms with Gasteiger partial charge in [-0.1, -0.05) is 17.7 Å². The molecule has 15 heteroatoms. The number of fused-ring (bicyclic) bond motifs is 1. The minimum atomic E-state index is -4.39. The van der Waals surface area contributed by atoms with Gasteiger partial charge in [-0.2, -0.15) is 0 Å². The van der Waals surface area contributed by atoms with Crippen molar-refractivity contribution in [3.8, 4) is 5.75 Å². The molecule has 11 nitrogen and oxygen atoms in total. The highest BCUT2D eigenvalue weighted by Crippen LogP contribution is 2.34. The maximum atomic E-state index is 14.8. The van der Waals surface area contributed by atoms with E-state index in [1.165, 1.54) is 18.3 Å². The van der Waals surface area contributed by atoms with Gasteiger partial charge in [0.15, 0.2) is 5.82 Å². The second kappa shape index (κ2) is 9.72. The average molecular weight is 568 g/mol. The van der Waals surface area contributed by atoms with E-state index < -0.39 is 54.8 Å². The van der Waals surface area contributed by atoms with E-state index in [0.717, 1.165) is 28.6 Å². The molecule has 0 atom stereocenters. The van der Waals surface area contributed by atoms with Crippen LogP contribution in [0.15, 0.2) is 52.9 Å². The number of hydrogen-bond acceptors (Lipinski definition) is 7. The molecular formula is C22H15ClFN3O8S2. The van der Waals surface area contributed by atoms with Crippen LogP contribution in [0.2, 0.25) is 5.02 Å². The summed E-state index contributed by atoms with van der Waals surface area (Å²) in [5.74, 6) is -4.51. The lowest BCUT2D eigenvalue weighted by Crippen LogP contribution is -2.22. The minimum Gasteiger partial charge on any atom is -0.495 e. The molecule has 0 aliphatic carbocycles. The number of thiophene rings is 1. The average Bonchev–Trinajstić information content (AvgIpc) is 3.44. The number of aromatic carboxylic acids is 2. The molecular weight excluding hydrogens is 553 g/mol. The third kappa shape index (κ3) is 4.81. The predicted molar refractivity (Wildman–Crippen MR) is 133 cm³/mol. The van der Waals surface area contributed by atoms with Crippen molar-refractivity contribution in [2.24, 2.45) is 0 Å². The van der Waals surface area contributed by atoms with Crippen LogP contribution in [0.1, 0.15) is 20.0 Å². The fraction of sp³-hybridized carbons (Fsp3) is 0.0455. The van der Waals surface area contributed by atoms with Crippen LogP contribution < -0.4 is 15.4 Å². The maximum absolute atomic E-state index is 14.8. The molecule has 0 saturated carbocycles. The van der Waals surface area contributed by atoms with Crippen LogP contribution in [0.4, 0.5) is 20.6 Å². The van der Waals surface area contributed by atoms with Crippen LogP contribution in [0, 0.1) is 5.82 Å². The fourth-order valence-electron chi connectivity index (χ4n) is 3.48. The Kier molecular flexibility index (Phi) is 6.82. The summed E-state index contributed by atoms with van der Waals surface area (Å²) in [5, 5.41) is 24.6. The quantitative estimate of drug-likeness (QED) is 0.248. The summed E-state index contributed by atoms with van der Waals surface area (Å²) >= 11 is 6.59. The molecule has 0 aliphatic heterocycles. The number of carboxylic acid groups (broad SMARTS) is 2. The van der Waals surface area contributed by atoms with E-state index in [9.17, 15) is 32.3 Å². The summed E-state index contributed by atoms with van der Waals surface area (Å²) in [4.78, 5) is 34.2. The van der Waals surface area contributed by atoms with Crippen molar-refractivity contribution in [2.75, 3.05) is 17.7 Å². The number of rotatable bonds is 7. The van der Waals surface area contributed by atoms with Gasteiger partial charge in [0.25, 0.3) is 10.0 Å². The largest absolute Gasteiger partial charge is 0.495 e. The number of nitrogens with zero attached hydrogens (tertiary/aromatic N) is 1. The zero-order chi connectivity index (χ0) is 27.1. The van der Waals surface area contributed by atoms with Gasteiger partial charge in [-0.3, -0.25) is 0 Å². The van der Waals surface area contributed by atoms with Crippen LogP contribution >= 0.6 is 22.9 Å². The Morgan fingerprint density at radius 1 is 1.05 bits per heavy atom. The third-order valence-electron chi connectivity index (χ3n) is 5.11. The standard InChI is InChI=1S/C22H15ClFN3O8S2/c1-35-16-7-12(24)13(25-22(32)26-14-9-36-19(21(30)31)18(14)20(28)29)8-17(16)37(33,34)27-5-4-10-2-3-11(23)6-15(10)27/h2-9H,1H3,(H,28,29)(H,30,31)(H2,25,26,32). The first-order valence-corrected chi connectivity index (χ1v) is 12.7. The Balaban J connectivity index is 1.71. The second-order valence-corrected chi connectivity index (χ2v) is 10.4. The Hall–Kier alpha value is -4.14. The van der Waals surface area contributed by atoms with Gasteiger partial charge in [-0.25, -0.2) is 31.2 Å². The lowest BCUT2D eigenvalue weighted by atomic mass is 10.2. The Morgan fingerprint density at radius 2 is 1.76 bits per heavy atom. The monoisotopic (exact) mass is 567 g/mol. The van der Waals surface area contributed by atoms with E-state index in [-0.39, 0.29) is 22.0 Å². The Labute approximate surface area is 216 Å². The number of urea groups is 1. The number of amides is 2. The van der Waals surface area contributed by atoms with E-state index in [0.29, 0.717) is 16.7 Å². The van der Waals surface area contributed by atoms with Gasteiger partial charge in [0.2, 0.25) is 0 Å². The van der Waals surface area contributed by atoms with Gasteiger partial charge in [0, 0.05) is 28.1 Å². The molecule has 2 heterocycles. The molecule has 4 rings (SSSR count). The molecule has 2 aromatic carbocycles. The van der Waals surface area contributed by atoms with E-state index in [1.807, 2.05) is 0 Å². The number of anilines is 2. The summed E-state index contributed by atoms with van der Waals surface area (Å²) < 4.78 is 47.7. The van der Waals surface area contributed by atoms with Gasteiger partial charge in [0.1, 0.15) is 21.1 Å². The van der Waals surface area contributed by atoms with E-state index in [1.54, 1.807) is 12.1 Å². The van der Waals surface area contributed by atoms with Crippen LogP contribution in [0.25, 0.3) is 10.9 Å². The van der Waals surface area contributed by atoms with Crippen molar-refractivity contribution in [2.45, 2.75) is 4.90 Å². The van der Waals surface area contributed by atoms with E-state index >= 15 is 0 Å². The Bertz CT molecular complexity index is 1700. The number of methoxy groups -OCH3 is 1. The lowest BCUT2D eigenvalue weighted by Gasteiger charge is -2.15. The van der Waals surface area contributed by atoms with E-state index in [4.69, 9.17) is 21.4 Å². The van der Waals surface area contributed by atoms with Gasteiger partial charge in [-0.05, 0) is 24.3 Å². The molecule has 2 aromatic heterocycles. The summed E-state index contributed by atoms with van der Waals surface area (Å²) in [6, 6.07) is 6.63. The van der Waals surface area contributed by atoms with Crippen LogP contribution in [0.5, 0.6) is 5.75 Å². The zero-order valence-electron chi connectivity index (χ0n) is 18.5. The molecule has 0 saturated heterocycles. The number of carbonyl (C=O) groups is 3. The molecule has 2 amide bonds. The number of hydrogen-bond donors (Lipinski definition) is 4. The topological polar surface area (TPSA) is 164 Å². The normalized spacial score (nSPS) is 11.3. The number of carbonyl (C=O) groups excluding carboxylic acids is 1. The van der Waals surface area contributed by atoms with Crippen molar-refractivity contribution < 1.29 is 42.1 Å². The SMILES string of the molecule is COc1cc(F)c(NC(=O)Nc2csc(C(=O)O)c2C(=O)O)cc1S(=O)(=O)n1ccc2ccc(Cl)cc21. The highest BCUT2D eigenvalue weighted by molar-refractivity contribution is 7.90. The number of ether oxygens (including phenoxy) is 1. The molecule has 37 heavy (non-hydrogen) atoms. The fourth-order valence-corrected chi connectivity index (χ4v) is 5.99. The molecule has 4 N–H and O–H groups in total. The van der Waals surface area contributed by atoms with Crippen molar-refractivity contribution in [3.05, 3.63) is 69.3 Å². The number of nitrogens with one attached hydrogen (secondary N) is 2. The highest BCUT2D eigenvalue weighted by Gasteiger charge is 2.27. The summed E-state index contributed by atoms with van der Waals surface area (Å²) in [7, 11) is -3.25. The second-order valence-electron chi connectivity index (χ2n) is 7.35. The zero-order valence-corrected chi connectivity index (χ0v) is 20.9. The maximum Gasteiger partial charge on any atom is 0.346 e. The van der Waals surface area contributed by atoms with Crippen molar-refractivity contribution in [3.63, 3.8) is 0 Å². The van der Waals surface area contributed by atoms with Gasteiger partial charge in [-0.15, -0.1) is 11.3 Å². The molecule has 192 valence electrons. The van der Waals surface area contributed by atoms with Gasteiger partial charge >= 0.3 is 18.0 Å².